The van der Waals surface area contributed by atoms with Crippen molar-refractivity contribution < 1.29 is 28.5 Å². The molecule has 4 bridgehead atoms. The molecule has 12 heteroatoms. The number of likely N-dealkylation sites (tertiary alicyclic amines) is 1. The summed E-state index contributed by atoms with van der Waals surface area (Å²) in [7, 11) is 1.59. The van der Waals surface area contributed by atoms with Gasteiger partial charge in [-0.25, -0.2) is 4.79 Å². The highest BCUT2D eigenvalue weighted by atomic mass is 35.5. The molecule has 5 rings (SSSR count). The zero-order chi connectivity index (χ0) is 30.0. The summed E-state index contributed by atoms with van der Waals surface area (Å²) >= 11 is 6.37. The van der Waals surface area contributed by atoms with Crippen LogP contribution >= 0.6 is 11.6 Å². The maximum Gasteiger partial charge on any atom is 0.315 e. The van der Waals surface area contributed by atoms with Crippen molar-refractivity contribution in [1.29, 1.82) is 0 Å². The van der Waals surface area contributed by atoms with Crippen LogP contribution in [0.15, 0.2) is 60.9 Å². The standard InChI is InChI=1S/C31H36ClN5O6/c1-40-11-12-41-25-14-23-15-26(16-25)43-24-4-2-3-21(13-24)20-42-29-19-37(18-22-5-7-33-17-27(22)32)10-6-28(29)36-31(39)35-9-8-34-30(23)38/h2-5,7,13-17,28-29H,6,8-12,18-20H2,1H3,(H,34,38)(H2,35,36,39)/t28-,29-/m0/s1. The quantitative estimate of drug-likeness (QED) is 0.361. The Morgan fingerprint density at radius 1 is 1.07 bits per heavy atom. The van der Waals surface area contributed by atoms with Crippen LogP contribution in [0.1, 0.15) is 27.9 Å². The first-order valence-corrected chi connectivity index (χ1v) is 14.6. The molecule has 0 radical (unpaired) electrons. The topological polar surface area (TPSA) is 123 Å². The summed E-state index contributed by atoms with van der Waals surface area (Å²) in [5.41, 5.74) is 2.27. The van der Waals surface area contributed by atoms with Crippen molar-refractivity contribution in [2.75, 3.05) is 46.5 Å². The number of rotatable bonds is 6. The van der Waals surface area contributed by atoms with E-state index in [9.17, 15) is 9.59 Å². The summed E-state index contributed by atoms with van der Waals surface area (Å²) in [5.74, 6) is 1.21. The molecule has 2 aliphatic heterocycles. The number of benzene rings is 2. The number of carbonyl (C=O) groups excluding carboxylic acids is 2. The highest BCUT2D eigenvalue weighted by Gasteiger charge is 2.31. The SMILES string of the molecule is COCCOc1cc2cc(c1)C(=O)NCCNC(=O)N[C@H]1CCN(Cc3ccncc3Cl)C[C@@H]1OCc1cccc(c1)O2. The fourth-order valence-electron chi connectivity index (χ4n) is 5.03. The summed E-state index contributed by atoms with van der Waals surface area (Å²) < 4.78 is 23.5. The number of pyridine rings is 1. The molecular weight excluding hydrogens is 574 g/mol. The number of aromatic nitrogens is 1. The largest absolute Gasteiger partial charge is 0.491 e. The van der Waals surface area contributed by atoms with Gasteiger partial charge in [0.25, 0.3) is 5.91 Å². The first-order valence-electron chi connectivity index (χ1n) is 14.3. The summed E-state index contributed by atoms with van der Waals surface area (Å²) in [5, 5.41) is 9.37. The van der Waals surface area contributed by atoms with Crippen molar-refractivity contribution in [3.05, 3.63) is 82.6 Å². The van der Waals surface area contributed by atoms with E-state index < -0.39 is 0 Å². The fourth-order valence-corrected chi connectivity index (χ4v) is 5.21. The van der Waals surface area contributed by atoms with Gasteiger partial charge in [-0.15, -0.1) is 0 Å². The van der Waals surface area contributed by atoms with Gasteiger partial charge in [-0.2, -0.15) is 0 Å². The minimum atomic E-state index is -0.314. The van der Waals surface area contributed by atoms with Gasteiger partial charge >= 0.3 is 6.03 Å². The third-order valence-electron chi connectivity index (χ3n) is 7.20. The van der Waals surface area contributed by atoms with E-state index in [1.807, 2.05) is 30.3 Å². The van der Waals surface area contributed by atoms with Crippen molar-refractivity contribution in [2.45, 2.75) is 31.7 Å². The molecule has 2 aromatic carbocycles. The van der Waals surface area contributed by atoms with E-state index in [2.05, 4.69) is 25.8 Å². The number of methoxy groups -OCH3 is 1. The molecule has 1 saturated heterocycles. The molecular formula is C31H36ClN5O6. The first kappa shape index (κ1) is 30.6. The molecule has 43 heavy (non-hydrogen) atoms. The maximum atomic E-state index is 13.0. The molecule has 11 nitrogen and oxygen atoms in total. The van der Waals surface area contributed by atoms with Gasteiger partial charge in [-0.3, -0.25) is 14.7 Å². The molecule has 0 saturated carbocycles. The van der Waals surface area contributed by atoms with Gasteiger partial charge in [-0.05, 0) is 47.9 Å². The normalized spacial score (nSPS) is 19.9. The molecule has 3 amide bonds. The van der Waals surface area contributed by atoms with Gasteiger partial charge in [0.05, 0.1) is 30.4 Å². The smallest absolute Gasteiger partial charge is 0.315 e. The number of halogens is 1. The molecule has 228 valence electrons. The lowest BCUT2D eigenvalue weighted by atomic mass is 10.0. The Hall–Kier alpha value is -3.90. The Labute approximate surface area is 255 Å². The number of piperidine rings is 1. The van der Waals surface area contributed by atoms with Crippen molar-refractivity contribution >= 4 is 23.5 Å². The van der Waals surface area contributed by atoms with Gasteiger partial charge in [0, 0.05) is 63.9 Å². The van der Waals surface area contributed by atoms with Crippen LogP contribution in [-0.4, -0.2) is 80.5 Å². The van der Waals surface area contributed by atoms with Gasteiger partial charge in [0.1, 0.15) is 23.9 Å². The van der Waals surface area contributed by atoms with E-state index in [0.29, 0.717) is 67.2 Å². The van der Waals surface area contributed by atoms with E-state index in [0.717, 1.165) is 17.7 Å². The molecule has 2 atom stereocenters. The van der Waals surface area contributed by atoms with Crippen LogP contribution in [0.5, 0.6) is 17.2 Å². The molecule has 2 aliphatic rings. The number of hydrogen-bond donors (Lipinski definition) is 3. The zero-order valence-corrected chi connectivity index (χ0v) is 24.8. The van der Waals surface area contributed by atoms with E-state index in [1.54, 1.807) is 37.7 Å². The van der Waals surface area contributed by atoms with E-state index in [1.165, 1.54) is 0 Å². The fraction of sp³-hybridized carbons (Fsp3) is 0.387. The van der Waals surface area contributed by atoms with Gasteiger partial charge in [-0.1, -0.05) is 23.7 Å². The molecule has 0 spiro atoms. The molecule has 3 N–H and O–H groups in total. The zero-order valence-electron chi connectivity index (χ0n) is 24.0. The average Bonchev–Trinajstić information content (AvgIpc) is 3.00. The highest BCUT2D eigenvalue weighted by Crippen LogP contribution is 2.29. The van der Waals surface area contributed by atoms with Crippen molar-refractivity contribution in [1.82, 2.24) is 25.8 Å². The third-order valence-corrected chi connectivity index (χ3v) is 7.54. The summed E-state index contributed by atoms with van der Waals surface area (Å²) in [6.07, 6.45) is 3.80. The first-order chi connectivity index (χ1) is 21.0. The third kappa shape index (κ3) is 8.80. The van der Waals surface area contributed by atoms with Crippen LogP contribution in [0.2, 0.25) is 5.02 Å². The number of nitrogens with one attached hydrogen (secondary N) is 3. The number of hydrogen-bond acceptors (Lipinski definition) is 8. The Bertz CT molecular complexity index is 1410. The number of urea groups is 1. The van der Waals surface area contributed by atoms with Crippen molar-refractivity contribution in [2.24, 2.45) is 0 Å². The van der Waals surface area contributed by atoms with Crippen molar-refractivity contribution in [3.8, 4) is 17.2 Å². The monoisotopic (exact) mass is 609 g/mol. The Morgan fingerprint density at radius 2 is 1.95 bits per heavy atom. The van der Waals surface area contributed by atoms with Crippen LogP contribution in [0.4, 0.5) is 4.79 Å². The van der Waals surface area contributed by atoms with E-state index in [4.69, 9.17) is 30.5 Å². The molecule has 0 aliphatic carbocycles. The molecule has 3 heterocycles. The maximum absolute atomic E-state index is 13.0. The molecule has 0 unspecified atom stereocenters. The van der Waals surface area contributed by atoms with Crippen LogP contribution in [0.25, 0.3) is 0 Å². The highest BCUT2D eigenvalue weighted by molar-refractivity contribution is 6.31. The minimum Gasteiger partial charge on any atom is -0.491 e. The molecule has 1 aromatic heterocycles. The van der Waals surface area contributed by atoms with Crippen LogP contribution in [0.3, 0.4) is 0 Å². The Balaban J connectivity index is 1.35. The number of carbonyl (C=O) groups is 2. The number of fused-ring (bicyclic) bond motifs is 5. The summed E-state index contributed by atoms with van der Waals surface area (Å²) in [4.78, 5) is 32.1. The predicted octanol–water partition coefficient (Wildman–Crippen LogP) is 3.75. The molecule has 1 fully saturated rings. The summed E-state index contributed by atoms with van der Waals surface area (Å²) in [6, 6.07) is 14.0. The van der Waals surface area contributed by atoms with Crippen molar-refractivity contribution in [3.63, 3.8) is 0 Å². The lowest BCUT2D eigenvalue weighted by Crippen LogP contribution is -2.56. The average molecular weight is 610 g/mol. The second kappa shape index (κ2) is 15.0. The van der Waals surface area contributed by atoms with Crippen LogP contribution in [0, 0.1) is 0 Å². The minimum absolute atomic E-state index is 0.201. The van der Waals surface area contributed by atoms with Gasteiger partial charge in [0.15, 0.2) is 0 Å². The van der Waals surface area contributed by atoms with Gasteiger partial charge < -0.3 is 34.9 Å². The predicted molar refractivity (Wildman–Crippen MR) is 161 cm³/mol. The van der Waals surface area contributed by atoms with E-state index in [-0.39, 0.29) is 37.2 Å². The Morgan fingerprint density at radius 3 is 2.81 bits per heavy atom. The summed E-state index contributed by atoms with van der Waals surface area (Å²) in [6.45, 7) is 3.55. The van der Waals surface area contributed by atoms with E-state index >= 15 is 0 Å². The molecule has 3 aromatic rings. The number of amides is 3. The number of ether oxygens (including phenoxy) is 4. The second-order valence-electron chi connectivity index (χ2n) is 10.4. The Kier molecular flexibility index (Phi) is 10.7. The van der Waals surface area contributed by atoms with Crippen LogP contribution < -0.4 is 25.4 Å². The lowest BCUT2D eigenvalue weighted by molar-refractivity contribution is -0.0303. The second-order valence-corrected chi connectivity index (χ2v) is 10.8. The van der Waals surface area contributed by atoms with Gasteiger partial charge in [0.2, 0.25) is 0 Å². The number of nitrogens with zero attached hydrogens (tertiary/aromatic N) is 2. The lowest BCUT2D eigenvalue weighted by Gasteiger charge is -2.38. The van der Waals surface area contributed by atoms with Crippen LogP contribution in [-0.2, 0) is 22.6 Å².